The number of rotatable bonds is 8. The molecule has 2 amide bonds. The van der Waals surface area contributed by atoms with Gasteiger partial charge in [-0.2, -0.15) is 0 Å². The van der Waals surface area contributed by atoms with E-state index in [4.69, 9.17) is 5.73 Å². The smallest absolute Gasteiger partial charge is 0.239 e. The number of hydrogen-bond donors (Lipinski definition) is 3. The van der Waals surface area contributed by atoms with Crippen molar-refractivity contribution in [1.82, 2.24) is 10.6 Å². The molecule has 0 aromatic heterocycles. The highest BCUT2D eigenvalue weighted by atomic mass is 16.2. The lowest BCUT2D eigenvalue weighted by atomic mass is 10.1. The molecule has 0 atom stereocenters. The lowest BCUT2D eigenvalue weighted by molar-refractivity contribution is -0.125. The minimum absolute atomic E-state index is 0.0636. The molecule has 0 rings (SSSR count). The van der Waals surface area contributed by atoms with Crippen LogP contribution in [-0.2, 0) is 9.59 Å². The molecule has 0 aromatic carbocycles. The summed E-state index contributed by atoms with van der Waals surface area (Å²) in [5.41, 5.74) is 5.34. The standard InChI is InChI=1S/C10H21N3O2/c1-12-10(15)8-13-9(14)6-4-2-3-5-7-11/h2-8,11H2,1H3,(H,12,15)(H,13,14). The van der Waals surface area contributed by atoms with Gasteiger partial charge in [0.25, 0.3) is 0 Å². The van der Waals surface area contributed by atoms with Gasteiger partial charge in [-0.05, 0) is 19.4 Å². The van der Waals surface area contributed by atoms with Crippen molar-refractivity contribution in [3.63, 3.8) is 0 Å². The number of nitrogens with two attached hydrogens (primary N) is 1. The highest BCUT2D eigenvalue weighted by Crippen LogP contribution is 2.01. The van der Waals surface area contributed by atoms with Crippen molar-refractivity contribution < 1.29 is 9.59 Å². The number of carbonyl (C=O) groups is 2. The predicted molar refractivity (Wildman–Crippen MR) is 59.2 cm³/mol. The van der Waals surface area contributed by atoms with Gasteiger partial charge < -0.3 is 16.4 Å². The molecule has 0 aliphatic rings. The van der Waals surface area contributed by atoms with Gasteiger partial charge in [-0.3, -0.25) is 9.59 Å². The second kappa shape index (κ2) is 9.45. The van der Waals surface area contributed by atoms with Crippen LogP contribution >= 0.6 is 0 Å². The van der Waals surface area contributed by atoms with Crippen LogP contribution in [0.25, 0.3) is 0 Å². The molecule has 5 nitrogen and oxygen atoms in total. The van der Waals surface area contributed by atoms with Crippen molar-refractivity contribution in [2.75, 3.05) is 20.1 Å². The maximum absolute atomic E-state index is 11.2. The number of carbonyl (C=O) groups excluding carboxylic acids is 2. The van der Waals surface area contributed by atoms with Crippen molar-refractivity contribution >= 4 is 11.8 Å². The molecule has 0 aromatic rings. The Morgan fingerprint density at radius 1 is 1.07 bits per heavy atom. The Balaban J connectivity index is 3.30. The predicted octanol–water partition coefficient (Wildman–Crippen LogP) is -0.242. The molecule has 0 bridgehead atoms. The average Bonchev–Trinajstić information content (AvgIpc) is 2.25. The van der Waals surface area contributed by atoms with Gasteiger partial charge in [0, 0.05) is 13.5 Å². The minimum atomic E-state index is -0.175. The largest absolute Gasteiger partial charge is 0.358 e. The topological polar surface area (TPSA) is 84.2 Å². The van der Waals surface area contributed by atoms with Crippen LogP contribution in [-0.4, -0.2) is 32.0 Å². The number of unbranched alkanes of at least 4 members (excludes halogenated alkanes) is 3. The molecule has 0 saturated carbocycles. The second-order valence-electron chi connectivity index (χ2n) is 3.40. The maximum Gasteiger partial charge on any atom is 0.239 e. The van der Waals surface area contributed by atoms with Crippen LogP contribution in [0.4, 0.5) is 0 Å². The molecule has 5 heteroatoms. The number of nitrogens with one attached hydrogen (secondary N) is 2. The van der Waals surface area contributed by atoms with Gasteiger partial charge in [0.1, 0.15) is 0 Å². The molecule has 0 radical (unpaired) electrons. The van der Waals surface area contributed by atoms with Crippen LogP contribution in [0, 0.1) is 0 Å². The van der Waals surface area contributed by atoms with Gasteiger partial charge in [-0.25, -0.2) is 0 Å². The van der Waals surface area contributed by atoms with E-state index in [2.05, 4.69) is 10.6 Å². The van der Waals surface area contributed by atoms with E-state index >= 15 is 0 Å². The number of hydrogen-bond acceptors (Lipinski definition) is 3. The molecule has 0 aliphatic heterocycles. The molecular weight excluding hydrogens is 194 g/mol. The zero-order chi connectivity index (χ0) is 11.5. The molecule has 0 aliphatic carbocycles. The molecule has 0 fully saturated rings. The van der Waals surface area contributed by atoms with Crippen LogP contribution in [0.3, 0.4) is 0 Å². The molecule has 0 heterocycles. The van der Waals surface area contributed by atoms with Crippen LogP contribution in [0.15, 0.2) is 0 Å². The summed E-state index contributed by atoms with van der Waals surface area (Å²) in [7, 11) is 1.54. The molecule has 0 saturated heterocycles. The maximum atomic E-state index is 11.2. The normalized spacial score (nSPS) is 9.73. The Labute approximate surface area is 90.8 Å². The van der Waals surface area contributed by atoms with E-state index in [1.807, 2.05) is 0 Å². The van der Waals surface area contributed by atoms with E-state index in [1.165, 1.54) is 0 Å². The zero-order valence-corrected chi connectivity index (χ0v) is 9.34. The summed E-state index contributed by atoms with van der Waals surface area (Å²) in [6.07, 6.45) is 4.45. The SMILES string of the molecule is CNC(=O)CNC(=O)CCCCCCN. The van der Waals surface area contributed by atoms with Gasteiger partial charge in [-0.15, -0.1) is 0 Å². The summed E-state index contributed by atoms with van der Waals surface area (Å²) in [4.78, 5) is 22.0. The molecule has 15 heavy (non-hydrogen) atoms. The van der Waals surface area contributed by atoms with Crippen LogP contribution in [0.1, 0.15) is 32.1 Å². The molecule has 4 N–H and O–H groups in total. The van der Waals surface area contributed by atoms with Crippen LogP contribution in [0.5, 0.6) is 0 Å². The number of amides is 2. The fourth-order valence-corrected chi connectivity index (χ4v) is 1.14. The van der Waals surface area contributed by atoms with Gasteiger partial charge >= 0.3 is 0 Å². The molecule has 0 spiro atoms. The number of likely N-dealkylation sites (N-methyl/N-ethyl adjacent to an activating group) is 1. The monoisotopic (exact) mass is 215 g/mol. The minimum Gasteiger partial charge on any atom is -0.358 e. The lowest BCUT2D eigenvalue weighted by Crippen LogP contribution is -2.34. The first-order chi connectivity index (χ1) is 7.20. The fraction of sp³-hybridized carbons (Fsp3) is 0.800. The third-order valence-electron chi connectivity index (χ3n) is 2.08. The van der Waals surface area contributed by atoms with Crippen molar-refractivity contribution in [2.45, 2.75) is 32.1 Å². The van der Waals surface area contributed by atoms with E-state index in [-0.39, 0.29) is 18.4 Å². The summed E-state index contributed by atoms with van der Waals surface area (Å²) in [5.74, 6) is -0.238. The first-order valence-corrected chi connectivity index (χ1v) is 5.38. The molecule has 88 valence electrons. The van der Waals surface area contributed by atoms with Crippen molar-refractivity contribution in [3.05, 3.63) is 0 Å². The van der Waals surface area contributed by atoms with Gasteiger partial charge in [0.2, 0.25) is 11.8 Å². The third-order valence-corrected chi connectivity index (χ3v) is 2.08. The zero-order valence-electron chi connectivity index (χ0n) is 9.34. The Morgan fingerprint density at radius 3 is 2.33 bits per heavy atom. The van der Waals surface area contributed by atoms with E-state index in [1.54, 1.807) is 7.05 Å². The highest BCUT2D eigenvalue weighted by molar-refractivity contribution is 5.84. The van der Waals surface area contributed by atoms with Gasteiger partial charge in [0.15, 0.2) is 0 Å². The molecular formula is C10H21N3O2. The Morgan fingerprint density at radius 2 is 1.73 bits per heavy atom. The van der Waals surface area contributed by atoms with E-state index in [0.717, 1.165) is 25.7 Å². The lowest BCUT2D eigenvalue weighted by Gasteiger charge is -2.03. The van der Waals surface area contributed by atoms with E-state index < -0.39 is 0 Å². The fourth-order valence-electron chi connectivity index (χ4n) is 1.14. The Hall–Kier alpha value is -1.10. The summed E-state index contributed by atoms with van der Waals surface area (Å²) < 4.78 is 0. The van der Waals surface area contributed by atoms with Gasteiger partial charge in [-0.1, -0.05) is 12.8 Å². The first-order valence-electron chi connectivity index (χ1n) is 5.38. The Kier molecular flexibility index (Phi) is 8.76. The second-order valence-corrected chi connectivity index (χ2v) is 3.40. The third kappa shape index (κ3) is 9.21. The van der Waals surface area contributed by atoms with Gasteiger partial charge in [0.05, 0.1) is 6.54 Å². The highest BCUT2D eigenvalue weighted by Gasteiger charge is 2.02. The molecule has 0 unspecified atom stereocenters. The van der Waals surface area contributed by atoms with E-state index in [9.17, 15) is 9.59 Å². The summed E-state index contributed by atoms with van der Waals surface area (Å²) in [6.45, 7) is 0.779. The quantitative estimate of drug-likeness (QED) is 0.488. The van der Waals surface area contributed by atoms with Crippen LogP contribution in [0.2, 0.25) is 0 Å². The van der Waals surface area contributed by atoms with Crippen molar-refractivity contribution in [1.29, 1.82) is 0 Å². The first kappa shape index (κ1) is 13.9. The average molecular weight is 215 g/mol. The Bertz CT molecular complexity index is 195. The van der Waals surface area contributed by atoms with E-state index in [0.29, 0.717) is 13.0 Å². The summed E-state index contributed by atoms with van der Waals surface area (Å²) >= 11 is 0. The van der Waals surface area contributed by atoms with Crippen LogP contribution < -0.4 is 16.4 Å². The van der Waals surface area contributed by atoms with Crippen molar-refractivity contribution in [2.24, 2.45) is 5.73 Å². The summed E-state index contributed by atoms with van der Waals surface area (Å²) in [5, 5.41) is 4.99. The summed E-state index contributed by atoms with van der Waals surface area (Å²) in [6, 6.07) is 0. The van der Waals surface area contributed by atoms with Crippen molar-refractivity contribution in [3.8, 4) is 0 Å².